The van der Waals surface area contributed by atoms with Crippen LogP contribution in [0.1, 0.15) is 24.0 Å². The number of aliphatic hydroxyl groups excluding tert-OH is 1. The van der Waals surface area contributed by atoms with Crippen LogP contribution in [0.2, 0.25) is 5.02 Å². The monoisotopic (exact) mass is 325 g/mol. The predicted molar refractivity (Wildman–Crippen MR) is 97.1 cm³/mol. The summed E-state index contributed by atoms with van der Waals surface area (Å²) >= 11 is 5.97. The van der Waals surface area contributed by atoms with E-state index in [9.17, 15) is 5.11 Å². The van der Waals surface area contributed by atoms with Crippen molar-refractivity contribution in [3.63, 3.8) is 0 Å². The van der Waals surface area contributed by atoms with Crippen molar-refractivity contribution in [1.29, 1.82) is 0 Å². The van der Waals surface area contributed by atoms with Gasteiger partial charge in [-0.05, 0) is 47.8 Å². The van der Waals surface area contributed by atoms with Gasteiger partial charge in [-0.25, -0.2) is 0 Å². The van der Waals surface area contributed by atoms with Crippen LogP contribution in [0.5, 0.6) is 0 Å². The van der Waals surface area contributed by atoms with Gasteiger partial charge in [-0.2, -0.15) is 0 Å². The minimum absolute atomic E-state index is 0.285. The molecule has 1 unspecified atom stereocenters. The zero-order valence-electron chi connectivity index (χ0n) is 13.0. The first kappa shape index (κ1) is 16.0. The Morgan fingerprint density at radius 3 is 2.57 bits per heavy atom. The standard InChI is InChI=1S/C20H20ClNO/c21-18-8-6-16(7-9-18)13-17(12-15-4-2-1-3-5-15)20-14-19(23)10-11-22-20/h1-9,13,19,23H,10-12,14H2/b17-13+. The van der Waals surface area contributed by atoms with Gasteiger partial charge in [-0.1, -0.05) is 54.1 Å². The number of benzene rings is 2. The van der Waals surface area contributed by atoms with Crippen molar-refractivity contribution >= 4 is 23.4 Å². The van der Waals surface area contributed by atoms with Gasteiger partial charge in [0, 0.05) is 23.7 Å². The molecule has 1 atom stereocenters. The van der Waals surface area contributed by atoms with E-state index >= 15 is 0 Å². The lowest BCUT2D eigenvalue weighted by atomic mass is 9.93. The zero-order valence-corrected chi connectivity index (χ0v) is 13.7. The van der Waals surface area contributed by atoms with E-state index in [2.05, 4.69) is 23.2 Å². The maximum atomic E-state index is 9.97. The van der Waals surface area contributed by atoms with E-state index in [0.29, 0.717) is 13.0 Å². The summed E-state index contributed by atoms with van der Waals surface area (Å²) in [5.41, 5.74) is 4.53. The minimum atomic E-state index is -0.285. The largest absolute Gasteiger partial charge is 0.393 e. The molecule has 0 bridgehead atoms. The van der Waals surface area contributed by atoms with Crippen molar-refractivity contribution in [2.75, 3.05) is 6.54 Å². The number of halogens is 1. The highest BCUT2D eigenvalue weighted by Gasteiger charge is 2.17. The summed E-state index contributed by atoms with van der Waals surface area (Å²) in [5, 5.41) is 10.7. The zero-order chi connectivity index (χ0) is 16.1. The number of allylic oxidation sites excluding steroid dienone is 1. The van der Waals surface area contributed by atoms with Crippen LogP contribution in [-0.4, -0.2) is 23.5 Å². The molecule has 3 heteroatoms. The Morgan fingerprint density at radius 1 is 1.13 bits per heavy atom. The molecule has 2 aromatic carbocycles. The van der Waals surface area contributed by atoms with Crippen molar-refractivity contribution in [2.24, 2.45) is 4.99 Å². The molecule has 0 fully saturated rings. The second-order valence-electron chi connectivity index (χ2n) is 5.86. The Labute approximate surface area is 142 Å². The molecule has 0 saturated carbocycles. The van der Waals surface area contributed by atoms with Crippen LogP contribution in [-0.2, 0) is 6.42 Å². The topological polar surface area (TPSA) is 32.6 Å². The van der Waals surface area contributed by atoms with Gasteiger partial charge in [0.15, 0.2) is 0 Å². The van der Waals surface area contributed by atoms with E-state index in [0.717, 1.165) is 34.7 Å². The van der Waals surface area contributed by atoms with Gasteiger partial charge in [0.05, 0.1) is 6.10 Å². The highest BCUT2D eigenvalue weighted by Crippen LogP contribution is 2.21. The molecule has 0 amide bonds. The van der Waals surface area contributed by atoms with E-state index < -0.39 is 0 Å². The normalized spacial score (nSPS) is 18.6. The van der Waals surface area contributed by atoms with E-state index in [1.54, 1.807) is 0 Å². The fraction of sp³-hybridized carbons (Fsp3) is 0.250. The van der Waals surface area contributed by atoms with E-state index in [4.69, 9.17) is 11.6 Å². The second kappa shape index (κ2) is 7.58. The molecular formula is C20H20ClNO. The van der Waals surface area contributed by atoms with Crippen LogP contribution in [0.25, 0.3) is 6.08 Å². The number of nitrogens with zero attached hydrogens (tertiary/aromatic N) is 1. The van der Waals surface area contributed by atoms with Gasteiger partial charge < -0.3 is 5.11 Å². The fourth-order valence-corrected chi connectivity index (χ4v) is 2.91. The molecule has 0 spiro atoms. The van der Waals surface area contributed by atoms with Crippen LogP contribution in [0.4, 0.5) is 0 Å². The maximum absolute atomic E-state index is 9.97. The van der Waals surface area contributed by atoms with Gasteiger partial charge in [0.1, 0.15) is 0 Å². The average Bonchev–Trinajstić information content (AvgIpc) is 2.57. The summed E-state index contributed by atoms with van der Waals surface area (Å²) in [6.45, 7) is 0.698. The van der Waals surface area contributed by atoms with Gasteiger partial charge in [-0.3, -0.25) is 4.99 Å². The molecule has 1 N–H and O–H groups in total. The van der Waals surface area contributed by atoms with Crippen molar-refractivity contribution in [3.05, 3.63) is 76.3 Å². The van der Waals surface area contributed by atoms with Crippen molar-refractivity contribution < 1.29 is 5.11 Å². The highest BCUT2D eigenvalue weighted by molar-refractivity contribution is 6.30. The molecule has 1 aliphatic rings. The number of rotatable bonds is 4. The van der Waals surface area contributed by atoms with Crippen LogP contribution in [0.15, 0.2) is 65.2 Å². The van der Waals surface area contributed by atoms with Crippen LogP contribution in [0.3, 0.4) is 0 Å². The quantitative estimate of drug-likeness (QED) is 0.878. The van der Waals surface area contributed by atoms with E-state index in [1.165, 1.54) is 5.56 Å². The minimum Gasteiger partial charge on any atom is -0.393 e. The molecule has 118 valence electrons. The lowest BCUT2D eigenvalue weighted by Gasteiger charge is -2.20. The fourth-order valence-electron chi connectivity index (χ4n) is 2.78. The Bertz CT molecular complexity index is 704. The van der Waals surface area contributed by atoms with Crippen molar-refractivity contribution in [3.8, 4) is 0 Å². The van der Waals surface area contributed by atoms with Crippen LogP contribution < -0.4 is 0 Å². The smallest absolute Gasteiger partial charge is 0.0613 e. The molecular weight excluding hydrogens is 306 g/mol. The Morgan fingerprint density at radius 2 is 1.87 bits per heavy atom. The van der Waals surface area contributed by atoms with Gasteiger partial charge >= 0.3 is 0 Å². The third-order valence-electron chi connectivity index (χ3n) is 4.01. The SMILES string of the molecule is OC1CCN=C(/C(=C/c2ccc(Cl)cc2)Cc2ccccc2)C1. The Balaban J connectivity index is 1.92. The predicted octanol–water partition coefficient (Wildman–Crippen LogP) is 4.56. The molecule has 0 aliphatic carbocycles. The molecule has 3 rings (SSSR count). The highest BCUT2D eigenvalue weighted by atomic mass is 35.5. The molecule has 1 heterocycles. The summed E-state index contributed by atoms with van der Waals surface area (Å²) in [5.74, 6) is 0. The number of hydrogen-bond donors (Lipinski definition) is 1. The lowest BCUT2D eigenvalue weighted by molar-refractivity contribution is 0.170. The third-order valence-corrected chi connectivity index (χ3v) is 4.26. The summed E-state index contributed by atoms with van der Waals surface area (Å²) in [4.78, 5) is 4.65. The maximum Gasteiger partial charge on any atom is 0.0613 e. The van der Waals surface area contributed by atoms with Gasteiger partial charge in [0.25, 0.3) is 0 Å². The average molecular weight is 326 g/mol. The molecule has 2 nitrogen and oxygen atoms in total. The lowest BCUT2D eigenvalue weighted by Crippen LogP contribution is -2.22. The van der Waals surface area contributed by atoms with Crippen molar-refractivity contribution in [1.82, 2.24) is 0 Å². The molecule has 1 aliphatic heterocycles. The van der Waals surface area contributed by atoms with Crippen LogP contribution in [0, 0.1) is 0 Å². The number of hydrogen-bond acceptors (Lipinski definition) is 2. The Kier molecular flexibility index (Phi) is 5.27. The summed E-state index contributed by atoms with van der Waals surface area (Å²) in [6, 6.07) is 18.2. The molecule has 2 aromatic rings. The molecule has 0 aromatic heterocycles. The number of aliphatic imine (C=N–C) groups is 1. The first-order valence-electron chi connectivity index (χ1n) is 7.92. The van der Waals surface area contributed by atoms with Crippen LogP contribution >= 0.6 is 11.6 Å². The van der Waals surface area contributed by atoms with E-state index in [-0.39, 0.29) is 6.10 Å². The third kappa shape index (κ3) is 4.54. The second-order valence-corrected chi connectivity index (χ2v) is 6.29. The summed E-state index contributed by atoms with van der Waals surface area (Å²) in [6.07, 6.45) is 4.07. The Hall–Kier alpha value is -1.90. The summed E-state index contributed by atoms with van der Waals surface area (Å²) in [7, 11) is 0. The van der Waals surface area contributed by atoms with Crippen molar-refractivity contribution in [2.45, 2.75) is 25.4 Å². The molecule has 0 saturated heterocycles. The van der Waals surface area contributed by atoms with Gasteiger partial charge in [-0.15, -0.1) is 0 Å². The first-order valence-corrected chi connectivity index (χ1v) is 8.30. The molecule has 23 heavy (non-hydrogen) atoms. The summed E-state index contributed by atoms with van der Waals surface area (Å²) < 4.78 is 0. The van der Waals surface area contributed by atoms with E-state index in [1.807, 2.05) is 42.5 Å². The number of aliphatic hydroxyl groups is 1. The first-order chi connectivity index (χ1) is 11.2. The molecule has 0 radical (unpaired) electrons. The van der Waals surface area contributed by atoms with Gasteiger partial charge in [0.2, 0.25) is 0 Å².